The topological polar surface area (TPSA) is 94.3 Å². The Labute approximate surface area is 182 Å². The van der Waals surface area contributed by atoms with E-state index in [-0.39, 0.29) is 12.4 Å². The zero-order chi connectivity index (χ0) is 21.6. The van der Waals surface area contributed by atoms with Crippen LogP contribution in [0, 0.1) is 0 Å². The zero-order valence-corrected chi connectivity index (χ0v) is 18.0. The summed E-state index contributed by atoms with van der Waals surface area (Å²) in [5.74, 6) is 0.666. The number of piperidine rings is 1. The number of likely N-dealkylation sites (tertiary alicyclic amines) is 1. The molecule has 0 atom stereocenters. The lowest BCUT2D eigenvalue weighted by atomic mass is 10.0. The van der Waals surface area contributed by atoms with Gasteiger partial charge in [0.1, 0.15) is 5.69 Å². The first kappa shape index (κ1) is 21.3. The van der Waals surface area contributed by atoms with E-state index in [2.05, 4.69) is 15.5 Å². The number of aliphatic hydroxyl groups is 1. The van der Waals surface area contributed by atoms with Crippen LogP contribution in [-0.4, -0.2) is 70.4 Å². The minimum Gasteiger partial charge on any atom is -0.395 e. The third-order valence-corrected chi connectivity index (χ3v) is 5.64. The van der Waals surface area contributed by atoms with Gasteiger partial charge in [-0.3, -0.25) is 4.79 Å². The van der Waals surface area contributed by atoms with Crippen molar-refractivity contribution in [3.05, 3.63) is 47.8 Å². The van der Waals surface area contributed by atoms with E-state index in [1.54, 1.807) is 19.1 Å². The summed E-state index contributed by atoms with van der Waals surface area (Å²) in [4.78, 5) is 19.5. The Morgan fingerprint density at radius 3 is 2.77 bits per heavy atom. The number of anilines is 1. The number of aliphatic hydroxyl groups excluding tert-OH is 1. The molecule has 164 valence electrons. The summed E-state index contributed by atoms with van der Waals surface area (Å²) in [5, 5.41) is 20.5. The summed E-state index contributed by atoms with van der Waals surface area (Å²) in [5.41, 5.74) is 3.52. The second-order valence-electron chi connectivity index (χ2n) is 7.95. The molecule has 1 aliphatic carbocycles. The summed E-state index contributed by atoms with van der Waals surface area (Å²) >= 11 is 0. The maximum Gasteiger partial charge on any atom is 0.183 e. The number of fused-ring (bicyclic) bond motifs is 1. The molecule has 8 nitrogen and oxygen atoms in total. The first-order chi connectivity index (χ1) is 15.2. The van der Waals surface area contributed by atoms with Gasteiger partial charge in [-0.05, 0) is 56.6 Å². The highest BCUT2D eigenvalue weighted by molar-refractivity contribution is 6.22. The van der Waals surface area contributed by atoms with Crippen molar-refractivity contribution in [3.8, 4) is 0 Å². The fraction of sp³-hybridized carbons (Fsp3) is 0.435. The van der Waals surface area contributed by atoms with Gasteiger partial charge in [-0.2, -0.15) is 0 Å². The number of aromatic nitrogens is 2. The number of pyridine rings is 1. The van der Waals surface area contributed by atoms with Crippen molar-refractivity contribution in [2.24, 2.45) is 4.99 Å². The van der Waals surface area contributed by atoms with Gasteiger partial charge in [0.05, 0.1) is 23.5 Å². The maximum absolute atomic E-state index is 12.2. The molecule has 2 aromatic rings. The second-order valence-corrected chi connectivity index (χ2v) is 7.95. The summed E-state index contributed by atoms with van der Waals surface area (Å²) in [6, 6.07) is 5.88. The van der Waals surface area contributed by atoms with Crippen LogP contribution in [0.1, 0.15) is 26.2 Å². The van der Waals surface area contributed by atoms with Gasteiger partial charge in [-0.1, -0.05) is 12.5 Å². The van der Waals surface area contributed by atoms with Gasteiger partial charge in [0.25, 0.3) is 0 Å². The van der Waals surface area contributed by atoms with E-state index in [1.165, 1.54) is 19.3 Å². The predicted molar refractivity (Wildman–Crippen MR) is 123 cm³/mol. The predicted octanol–water partition coefficient (Wildman–Crippen LogP) is 2.30. The Balaban J connectivity index is 1.62. The van der Waals surface area contributed by atoms with Crippen molar-refractivity contribution in [1.29, 1.82) is 0 Å². The lowest BCUT2D eigenvalue weighted by molar-refractivity contribution is -0.111. The highest BCUT2D eigenvalue weighted by Gasteiger charge is 2.19. The SMILES string of the molecule is CC1=C/C(=N\c2c(NCCN3CCCCC3)nn3ccccc23)C(NCCO)=CC1=O. The maximum atomic E-state index is 12.2. The van der Waals surface area contributed by atoms with Crippen LogP contribution in [0.4, 0.5) is 11.5 Å². The number of hydrogen-bond acceptors (Lipinski definition) is 7. The normalized spacial score (nSPS) is 18.9. The molecule has 8 heteroatoms. The van der Waals surface area contributed by atoms with E-state index < -0.39 is 0 Å². The molecule has 3 N–H and O–H groups in total. The zero-order valence-electron chi connectivity index (χ0n) is 18.0. The van der Waals surface area contributed by atoms with Crippen molar-refractivity contribution in [1.82, 2.24) is 19.8 Å². The Morgan fingerprint density at radius 1 is 1.13 bits per heavy atom. The molecule has 0 unspecified atom stereocenters. The quantitative estimate of drug-likeness (QED) is 0.565. The Kier molecular flexibility index (Phi) is 6.79. The van der Waals surface area contributed by atoms with E-state index in [0.29, 0.717) is 23.5 Å². The number of nitrogens with one attached hydrogen (secondary N) is 2. The van der Waals surface area contributed by atoms with Crippen LogP contribution in [0.25, 0.3) is 5.52 Å². The van der Waals surface area contributed by atoms with Crippen LogP contribution in [0.15, 0.2) is 52.8 Å². The van der Waals surface area contributed by atoms with Gasteiger partial charge < -0.3 is 20.6 Å². The Morgan fingerprint density at radius 2 is 1.97 bits per heavy atom. The molecular weight excluding hydrogens is 392 g/mol. The fourth-order valence-electron chi connectivity index (χ4n) is 3.95. The fourth-order valence-corrected chi connectivity index (χ4v) is 3.95. The van der Waals surface area contributed by atoms with Gasteiger partial charge >= 0.3 is 0 Å². The number of nitrogens with zero attached hydrogens (tertiary/aromatic N) is 4. The monoisotopic (exact) mass is 422 g/mol. The van der Waals surface area contributed by atoms with Crippen molar-refractivity contribution < 1.29 is 9.90 Å². The van der Waals surface area contributed by atoms with Crippen LogP contribution >= 0.6 is 0 Å². The van der Waals surface area contributed by atoms with E-state index in [0.717, 1.165) is 43.2 Å². The molecule has 1 fully saturated rings. The van der Waals surface area contributed by atoms with Crippen molar-refractivity contribution in [2.75, 3.05) is 44.6 Å². The van der Waals surface area contributed by atoms with Crippen molar-refractivity contribution in [3.63, 3.8) is 0 Å². The molecule has 31 heavy (non-hydrogen) atoms. The number of allylic oxidation sites excluding steroid dienone is 3. The third kappa shape index (κ3) is 5.03. The highest BCUT2D eigenvalue weighted by Crippen LogP contribution is 2.31. The van der Waals surface area contributed by atoms with E-state index in [1.807, 2.05) is 28.9 Å². The molecule has 2 aromatic heterocycles. The average molecular weight is 423 g/mol. The first-order valence-corrected chi connectivity index (χ1v) is 11.0. The second kappa shape index (κ2) is 9.89. The molecule has 0 amide bonds. The number of hydrogen-bond donors (Lipinski definition) is 3. The molecule has 2 aliphatic rings. The molecule has 3 heterocycles. The largest absolute Gasteiger partial charge is 0.395 e. The molecule has 0 radical (unpaired) electrons. The first-order valence-electron chi connectivity index (χ1n) is 11.0. The van der Waals surface area contributed by atoms with Crippen LogP contribution in [0.5, 0.6) is 0 Å². The number of carbonyl (C=O) groups excluding carboxylic acids is 1. The summed E-state index contributed by atoms with van der Waals surface area (Å²) in [6.45, 7) is 6.18. The van der Waals surface area contributed by atoms with Crippen molar-refractivity contribution in [2.45, 2.75) is 26.2 Å². The molecule has 0 aromatic carbocycles. The molecule has 0 spiro atoms. The lowest BCUT2D eigenvalue weighted by Gasteiger charge is -2.26. The molecule has 0 saturated carbocycles. The minimum absolute atomic E-state index is 0.0263. The van der Waals surface area contributed by atoms with Crippen LogP contribution < -0.4 is 10.6 Å². The van der Waals surface area contributed by atoms with E-state index in [4.69, 9.17) is 10.1 Å². The molecule has 0 bridgehead atoms. The van der Waals surface area contributed by atoms with Gasteiger partial charge in [-0.25, -0.2) is 9.51 Å². The van der Waals surface area contributed by atoms with E-state index in [9.17, 15) is 9.90 Å². The Bertz CT molecular complexity index is 1030. The number of aliphatic imine (C=N–C) groups is 1. The molecular formula is C23H30N6O2. The molecule has 1 aliphatic heterocycles. The summed E-state index contributed by atoms with van der Waals surface area (Å²) in [7, 11) is 0. The number of ketones is 1. The standard InChI is InChI=1S/C23H30N6O2/c1-17-15-19(18(16-21(17)31)24-9-14-30)26-22-20-7-3-6-12-29(20)27-23(22)25-8-13-28-10-4-2-5-11-28/h3,6-7,12,15-16,24,30H,2,4-5,8-11,13-14H2,1H3,(H,25,27)/b26-19+. The third-order valence-electron chi connectivity index (χ3n) is 5.64. The minimum atomic E-state index is -0.0564. The number of rotatable bonds is 8. The molecule has 4 rings (SSSR count). The average Bonchev–Trinajstić information content (AvgIpc) is 3.13. The van der Waals surface area contributed by atoms with Gasteiger partial charge in [0, 0.05) is 31.9 Å². The number of carbonyl (C=O) groups is 1. The summed E-state index contributed by atoms with van der Waals surface area (Å²) in [6.07, 6.45) is 9.10. The van der Waals surface area contributed by atoms with Crippen LogP contribution in [0.2, 0.25) is 0 Å². The van der Waals surface area contributed by atoms with E-state index >= 15 is 0 Å². The van der Waals surface area contributed by atoms with Gasteiger partial charge in [0.15, 0.2) is 11.6 Å². The summed E-state index contributed by atoms with van der Waals surface area (Å²) < 4.78 is 1.82. The highest BCUT2D eigenvalue weighted by atomic mass is 16.3. The van der Waals surface area contributed by atoms with Crippen LogP contribution in [0.3, 0.4) is 0 Å². The Hall–Kier alpha value is -2.97. The van der Waals surface area contributed by atoms with Gasteiger partial charge in [0.2, 0.25) is 0 Å². The van der Waals surface area contributed by atoms with Crippen molar-refractivity contribution >= 4 is 28.5 Å². The molecule has 1 saturated heterocycles. The lowest BCUT2D eigenvalue weighted by Crippen LogP contribution is -2.33. The van der Waals surface area contributed by atoms with Gasteiger partial charge in [-0.15, -0.1) is 5.10 Å². The smallest absolute Gasteiger partial charge is 0.183 e. The van der Waals surface area contributed by atoms with Crippen LogP contribution in [-0.2, 0) is 4.79 Å².